The highest BCUT2D eigenvalue weighted by Crippen LogP contribution is 2.27. The molecule has 0 N–H and O–H groups in total. The van der Waals surface area contributed by atoms with Gasteiger partial charge in [0.2, 0.25) is 0 Å². The molecule has 0 heterocycles. The standard InChI is InChI=1S/C23H27N3O4/c1-22(2,3)29-20(27)25(18-10-8-7-9-11-18)26(21(28)30-23(4,5)6)19-14-12-17(16-24)13-15-19/h7-15H,1-6H3. The Kier molecular flexibility index (Phi) is 6.73. The van der Waals surface area contributed by atoms with Crippen LogP contribution < -0.4 is 10.0 Å². The highest BCUT2D eigenvalue weighted by Gasteiger charge is 2.35. The zero-order chi connectivity index (χ0) is 22.5. The molecule has 0 aliphatic carbocycles. The van der Waals surface area contributed by atoms with Crippen LogP contribution in [0.4, 0.5) is 21.0 Å². The molecule has 0 spiro atoms. The first-order valence-electron chi connectivity index (χ1n) is 9.52. The largest absolute Gasteiger partial charge is 0.442 e. The third-order valence-corrected chi connectivity index (χ3v) is 3.57. The van der Waals surface area contributed by atoms with Gasteiger partial charge in [0.1, 0.15) is 11.2 Å². The number of para-hydroxylation sites is 1. The van der Waals surface area contributed by atoms with Crippen LogP contribution in [0.15, 0.2) is 54.6 Å². The number of carbonyl (C=O) groups excluding carboxylic acids is 2. The topological polar surface area (TPSA) is 82.9 Å². The number of nitrogens with zero attached hydrogens (tertiary/aromatic N) is 3. The number of anilines is 2. The zero-order valence-corrected chi connectivity index (χ0v) is 18.2. The molecule has 2 rings (SSSR count). The van der Waals surface area contributed by atoms with Gasteiger partial charge in [-0.1, -0.05) is 18.2 Å². The fourth-order valence-corrected chi connectivity index (χ4v) is 2.46. The normalized spacial score (nSPS) is 11.2. The SMILES string of the molecule is CC(C)(C)OC(=O)N(c1ccccc1)N(C(=O)OC(C)(C)C)c1ccc(C#N)cc1. The summed E-state index contributed by atoms with van der Waals surface area (Å²) in [5, 5.41) is 11.3. The second kappa shape index (κ2) is 8.87. The summed E-state index contributed by atoms with van der Waals surface area (Å²) >= 11 is 0. The summed E-state index contributed by atoms with van der Waals surface area (Å²) in [5.74, 6) is 0. The molecule has 0 unspecified atom stereocenters. The van der Waals surface area contributed by atoms with Gasteiger partial charge in [-0.05, 0) is 77.9 Å². The molecule has 0 fully saturated rings. The first kappa shape index (κ1) is 22.8. The molecule has 7 heteroatoms. The van der Waals surface area contributed by atoms with E-state index in [1.165, 1.54) is 0 Å². The minimum absolute atomic E-state index is 0.345. The highest BCUT2D eigenvalue weighted by molar-refractivity contribution is 6.01. The number of hydrogen-bond acceptors (Lipinski definition) is 5. The summed E-state index contributed by atoms with van der Waals surface area (Å²) in [6.45, 7) is 10.4. The van der Waals surface area contributed by atoms with Gasteiger partial charge in [-0.25, -0.2) is 9.59 Å². The first-order valence-corrected chi connectivity index (χ1v) is 9.52. The predicted octanol–water partition coefficient (Wildman–Crippen LogP) is 5.66. The van der Waals surface area contributed by atoms with Gasteiger partial charge in [-0.3, -0.25) is 0 Å². The molecule has 0 bridgehead atoms. The molecule has 0 radical (unpaired) electrons. The van der Waals surface area contributed by atoms with Gasteiger partial charge in [0.05, 0.1) is 23.0 Å². The van der Waals surface area contributed by atoms with Gasteiger partial charge in [-0.2, -0.15) is 15.3 Å². The molecule has 0 saturated carbocycles. The summed E-state index contributed by atoms with van der Waals surface area (Å²) in [4.78, 5) is 26.4. The molecule has 2 aromatic rings. The van der Waals surface area contributed by atoms with Crippen molar-refractivity contribution in [2.75, 3.05) is 10.0 Å². The van der Waals surface area contributed by atoms with E-state index in [-0.39, 0.29) is 0 Å². The van der Waals surface area contributed by atoms with Crippen LogP contribution in [0.25, 0.3) is 0 Å². The van der Waals surface area contributed by atoms with Gasteiger partial charge in [0.15, 0.2) is 0 Å². The number of hydrazine groups is 1. The van der Waals surface area contributed by atoms with Gasteiger partial charge in [0, 0.05) is 0 Å². The Balaban J connectivity index is 2.62. The van der Waals surface area contributed by atoms with E-state index in [1.54, 1.807) is 96.1 Å². The fourth-order valence-electron chi connectivity index (χ4n) is 2.46. The Bertz CT molecular complexity index is 920. The quantitative estimate of drug-likeness (QED) is 0.598. The van der Waals surface area contributed by atoms with E-state index in [9.17, 15) is 9.59 Å². The Morgan fingerprint density at radius 1 is 0.733 bits per heavy atom. The van der Waals surface area contributed by atoms with Crippen LogP contribution in [0.3, 0.4) is 0 Å². The molecule has 7 nitrogen and oxygen atoms in total. The third kappa shape index (κ3) is 6.24. The van der Waals surface area contributed by atoms with E-state index < -0.39 is 23.4 Å². The van der Waals surface area contributed by atoms with Crippen LogP contribution in [0.2, 0.25) is 0 Å². The lowest BCUT2D eigenvalue weighted by atomic mass is 10.2. The van der Waals surface area contributed by atoms with Crippen LogP contribution in [-0.2, 0) is 9.47 Å². The predicted molar refractivity (Wildman–Crippen MR) is 115 cm³/mol. The molecule has 0 aliphatic heterocycles. The third-order valence-electron chi connectivity index (χ3n) is 3.57. The van der Waals surface area contributed by atoms with E-state index in [4.69, 9.17) is 14.7 Å². The summed E-state index contributed by atoms with van der Waals surface area (Å²) in [5.41, 5.74) is -0.390. The van der Waals surface area contributed by atoms with Crippen molar-refractivity contribution in [1.82, 2.24) is 0 Å². The molecule has 30 heavy (non-hydrogen) atoms. The summed E-state index contributed by atoms with van der Waals surface area (Å²) in [7, 11) is 0. The van der Waals surface area contributed by atoms with Crippen molar-refractivity contribution in [3.63, 3.8) is 0 Å². The smallest absolute Gasteiger partial charge is 0.434 e. The van der Waals surface area contributed by atoms with Gasteiger partial charge in [0.25, 0.3) is 0 Å². The molecule has 0 aliphatic rings. The molecule has 158 valence electrons. The number of rotatable bonds is 2. The van der Waals surface area contributed by atoms with Gasteiger partial charge >= 0.3 is 12.2 Å². The van der Waals surface area contributed by atoms with Crippen molar-refractivity contribution in [3.05, 3.63) is 60.2 Å². The second-order valence-electron chi connectivity index (χ2n) is 8.58. The van der Waals surface area contributed by atoms with E-state index in [0.29, 0.717) is 16.9 Å². The maximum Gasteiger partial charge on any atom is 0.434 e. The molecular weight excluding hydrogens is 382 g/mol. The van der Waals surface area contributed by atoms with Crippen LogP contribution in [-0.4, -0.2) is 23.4 Å². The zero-order valence-electron chi connectivity index (χ0n) is 18.2. The number of carbonyl (C=O) groups is 2. The number of amides is 2. The molecule has 2 aromatic carbocycles. The van der Waals surface area contributed by atoms with Crippen molar-refractivity contribution < 1.29 is 19.1 Å². The van der Waals surface area contributed by atoms with E-state index >= 15 is 0 Å². The van der Waals surface area contributed by atoms with Crippen LogP contribution >= 0.6 is 0 Å². The summed E-state index contributed by atoms with van der Waals surface area (Å²) < 4.78 is 11.1. The van der Waals surface area contributed by atoms with E-state index in [0.717, 1.165) is 10.0 Å². The molecule has 0 saturated heterocycles. The second-order valence-corrected chi connectivity index (χ2v) is 8.58. The van der Waals surface area contributed by atoms with Crippen molar-refractivity contribution in [2.24, 2.45) is 0 Å². The maximum atomic E-state index is 13.2. The molecule has 0 atom stereocenters. The van der Waals surface area contributed by atoms with Crippen LogP contribution in [0.1, 0.15) is 47.1 Å². The Morgan fingerprint density at radius 3 is 1.50 bits per heavy atom. The Labute approximate surface area is 177 Å². The van der Waals surface area contributed by atoms with Crippen LogP contribution in [0.5, 0.6) is 0 Å². The van der Waals surface area contributed by atoms with Gasteiger partial charge in [-0.15, -0.1) is 0 Å². The van der Waals surface area contributed by atoms with Gasteiger partial charge < -0.3 is 9.47 Å². The average Bonchev–Trinajstić information content (AvgIpc) is 2.64. The lowest BCUT2D eigenvalue weighted by Gasteiger charge is -2.36. The highest BCUT2D eigenvalue weighted by atomic mass is 16.6. The van der Waals surface area contributed by atoms with E-state index in [1.807, 2.05) is 6.07 Å². The van der Waals surface area contributed by atoms with Crippen molar-refractivity contribution in [3.8, 4) is 6.07 Å². The number of hydrogen-bond donors (Lipinski definition) is 0. The first-order chi connectivity index (χ1) is 13.9. The van der Waals surface area contributed by atoms with Crippen molar-refractivity contribution in [1.29, 1.82) is 5.26 Å². The lowest BCUT2D eigenvalue weighted by molar-refractivity contribution is 0.0479. The summed E-state index contributed by atoms with van der Waals surface area (Å²) in [6.07, 6.45) is -1.51. The maximum absolute atomic E-state index is 13.2. The Morgan fingerprint density at radius 2 is 1.13 bits per heavy atom. The molecule has 2 amide bonds. The monoisotopic (exact) mass is 409 g/mol. The lowest BCUT2D eigenvalue weighted by Crippen LogP contribution is -2.53. The fraction of sp³-hybridized carbons (Fsp3) is 0.348. The Hall–Kier alpha value is -3.53. The minimum atomic E-state index is -0.793. The minimum Gasteiger partial charge on any atom is -0.442 e. The number of nitriles is 1. The van der Waals surface area contributed by atoms with Crippen molar-refractivity contribution >= 4 is 23.6 Å². The van der Waals surface area contributed by atoms with Crippen LogP contribution in [0, 0.1) is 11.3 Å². The molecular formula is C23H27N3O4. The molecule has 0 aromatic heterocycles. The average molecular weight is 409 g/mol. The number of benzene rings is 2. The van der Waals surface area contributed by atoms with E-state index in [2.05, 4.69) is 0 Å². The van der Waals surface area contributed by atoms with Crippen molar-refractivity contribution in [2.45, 2.75) is 52.7 Å². The summed E-state index contributed by atoms with van der Waals surface area (Å²) in [6, 6.07) is 17.0. The number of ether oxygens (including phenoxy) is 2.